The van der Waals surface area contributed by atoms with Gasteiger partial charge in [-0.1, -0.05) is 6.42 Å². The fourth-order valence-corrected chi connectivity index (χ4v) is 1.20. The first-order chi connectivity index (χ1) is 7.70. The second-order valence-corrected chi connectivity index (χ2v) is 3.37. The number of carbonyl (C=O) groups is 2. The average molecular weight is 231 g/mol. The fraction of sp³-hybridized carbons (Fsp3) is 0.818. The Morgan fingerprint density at radius 2 is 1.88 bits per heavy atom. The van der Waals surface area contributed by atoms with Crippen LogP contribution in [0.5, 0.6) is 0 Å². The van der Waals surface area contributed by atoms with Crippen LogP contribution < -0.4 is 5.32 Å². The number of esters is 2. The van der Waals surface area contributed by atoms with Crippen LogP contribution in [-0.4, -0.2) is 38.7 Å². The third-order valence-corrected chi connectivity index (χ3v) is 2.04. The molecule has 0 aromatic rings. The van der Waals surface area contributed by atoms with Crippen LogP contribution in [-0.2, 0) is 19.1 Å². The number of rotatable bonds is 9. The van der Waals surface area contributed by atoms with Crippen molar-refractivity contribution in [2.75, 3.05) is 26.8 Å². The normalized spacial score (nSPS) is 9.88. The van der Waals surface area contributed by atoms with E-state index >= 15 is 0 Å². The Morgan fingerprint density at radius 3 is 2.50 bits per heavy atom. The molecule has 94 valence electrons. The van der Waals surface area contributed by atoms with Crippen molar-refractivity contribution in [3.63, 3.8) is 0 Å². The van der Waals surface area contributed by atoms with Crippen LogP contribution in [0.2, 0.25) is 0 Å². The standard InChI is InChI=1S/C11H21NO4/c1-3-16-11(14)9-12-8-6-4-5-7-10(13)15-2/h12H,3-9H2,1-2H3. The van der Waals surface area contributed by atoms with Gasteiger partial charge < -0.3 is 14.8 Å². The van der Waals surface area contributed by atoms with Gasteiger partial charge in [0.15, 0.2) is 0 Å². The zero-order valence-corrected chi connectivity index (χ0v) is 10.1. The average Bonchev–Trinajstić information content (AvgIpc) is 2.27. The van der Waals surface area contributed by atoms with Crippen molar-refractivity contribution >= 4 is 11.9 Å². The van der Waals surface area contributed by atoms with Gasteiger partial charge in [0, 0.05) is 6.42 Å². The predicted octanol–water partition coefficient (Wildman–Crippen LogP) is 0.872. The summed E-state index contributed by atoms with van der Waals surface area (Å²) in [6.07, 6.45) is 3.18. The molecule has 1 N–H and O–H groups in total. The lowest BCUT2D eigenvalue weighted by atomic mass is 10.2. The Morgan fingerprint density at radius 1 is 1.12 bits per heavy atom. The first-order valence-electron chi connectivity index (χ1n) is 5.63. The van der Waals surface area contributed by atoms with E-state index in [0.29, 0.717) is 13.0 Å². The molecule has 0 bridgehead atoms. The zero-order chi connectivity index (χ0) is 12.2. The first-order valence-corrected chi connectivity index (χ1v) is 5.63. The molecule has 5 heteroatoms. The highest BCUT2D eigenvalue weighted by molar-refractivity contribution is 5.71. The van der Waals surface area contributed by atoms with Crippen molar-refractivity contribution in [3.05, 3.63) is 0 Å². The highest BCUT2D eigenvalue weighted by Crippen LogP contribution is 1.99. The van der Waals surface area contributed by atoms with Gasteiger partial charge >= 0.3 is 11.9 Å². The topological polar surface area (TPSA) is 64.6 Å². The van der Waals surface area contributed by atoms with Gasteiger partial charge in [-0.15, -0.1) is 0 Å². The smallest absolute Gasteiger partial charge is 0.319 e. The van der Waals surface area contributed by atoms with E-state index in [1.165, 1.54) is 7.11 Å². The molecule has 0 radical (unpaired) electrons. The van der Waals surface area contributed by atoms with Gasteiger partial charge in [0.1, 0.15) is 0 Å². The van der Waals surface area contributed by atoms with Gasteiger partial charge in [-0.3, -0.25) is 9.59 Å². The third kappa shape index (κ3) is 9.45. The summed E-state index contributed by atoms with van der Waals surface area (Å²) in [6, 6.07) is 0. The summed E-state index contributed by atoms with van der Waals surface area (Å²) in [5.74, 6) is -0.392. The van der Waals surface area contributed by atoms with Crippen molar-refractivity contribution in [1.82, 2.24) is 5.32 Å². The summed E-state index contributed by atoms with van der Waals surface area (Å²) in [6.45, 7) is 3.22. The third-order valence-electron chi connectivity index (χ3n) is 2.04. The van der Waals surface area contributed by atoms with Crippen molar-refractivity contribution in [3.8, 4) is 0 Å². The minimum atomic E-state index is -0.225. The minimum absolute atomic E-state index is 0.167. The number of hydrogen-bond acceptors (Lipinski definition) is 5. The Labute approximate surface area is 96.5 Å². The SMILES string of the molecule is CCOC(=O)CNCCCCCC(=O)OC. The molecule has 0 aliphatic carbocycles. The van der Waals surface area contributed by atoms with Crippen LogP contribution >= 0.6 is 0 Å². The van der Waals surface area contributed by atoms with Crippen molar-refractivity contribution in [2.24, 2.45) is 0 Å². The van der Waals surface area contributed by atoms with E-state index in [0.717, 1.165) is 25.8 Å². The number of unbranched alkanes of at least 4 members (excludes halogenated alkanes) is 2. The number of hydrogen-bond donors (Lipinski definition) is 1. The highest BCUT2D eigenvalue weighted by Gasteiger charge is 2.01. The first kappa shape index (κ1) is 14.9. The molecule has 0 atom stereocenters. The highest BCUT2D eigenvalue weighted by atomic mass is 16.5. The van der Waals surface area contributed by atoms with E-state index < -0.39 is 0 Å². The van der Waals surface area contributed by atoms with E-state index in [-0.39, 0.29) is 18.5 Å². The molecule has 0 unspecified atom stereocenters. The summed E-state index contributed by atoms with van der Waals surface area (Å²) < 4.78 is 9.27. The number of carbonyl (C=O) groups excluding carboxylic acids is 2. The van der Waals surface area contributed by atoms with Crippen LogP contribution in [0.25, 0.3) is 0 Å². The maximum Gasteiger partial charge on any atom is 0.319 e. The van der Waals surface area contributed by atoms with Gasteiger partial charge in [-0.2, -0.15) is 0 Å². The Balaban J connectivity index is 3.15. The molecule has 16 heavy (non-hydrogen) atoms. The van der Waals surface area contributed by atoms with Gasteiger partial charge in [0.2, 0.25) is 0 Å². The van der Waals surface area contributed by atoms with E-state index in [1.54, 1.807) is 6.92 Å². The van der Waals surface area contributed by atoms with Gasteiger partial charge in [0.25, 0.3) is 0 Å². The van der Waals surface area contributed by atoms with Crippen LogP contribution in [0.1, 0.15) is 32.6 Å². The molecule has 0 saturated carbocycles. The summed E-state index contributed by atoms with van der Waals surface area (Å²) in [5, 5.41) is 2.98. The van der Waals surface area contributed by atoms with Crippen LogP contribution in [0.3, 0.4) is 0 Å². The van der Waals surface area contributed by atoms with Gasteiger partial charge in [-0.25, -0.2) is 0 Å². The molecule has 0 aromatic carbocycles. The number of ether oxygens (including phenoxy) is 2. The van der Waals surface area contributed by atoms with Crippen LogP contribution in [0.15, 0.2) is 0 Å². The molecule has 0 aliphatic rings. The van der Waals surface area contributed by atoms with Crippen LogP contribution in [0.4, 0.5) is 0 Å². The molecular weight excluding hydrogens is 210 g/mol. The van der Waals surface area contributed by atoms with Crippen LogP contribution in [0, 0.1) is 0 Å². The zero-order valence-electron chi connectivity index (χ0n) is 10.1. The molecule has 5 nitrogen and oxygen atoms in total. The maximum absolute atomic E-state index is 10.9. The predicted molar refractivity (Wildman–Crippen MR) is 60.0 cm³/mol. The molecule has 0 amide bonds. The maximum atomic E-state index is 10.9. The quantitative estimate of drug-likeness (QED) is 0.471. The lowest BCUT2D eigenvalue weighted by Crippen LogP contribution is -2.25. The summed E-state index contributed by atoms with van der Waals surface area (Å²) in [7, 11) is 1.39. The van der Waals surface area contributed by atoms with Crippen molar-refractivity contribution in [1.29, 1.82) is 0 Å². The van der Waals surface area contributed by atoms with E-state index in [4.69, 9.17) is 4.74 Å². The monoisotopic (exact) mass is 231 g/mol. The number of nitrogens with one attached hydrogen (secondary N) is 1. The lowest BCUT2D eigenvalue weighted by molar-refractivity contribution is -0.142. The Kier molecular flexibility index (Phi) is 9.70. The van der Waals surface area contributed by atoms with Crippen molar-refractivity contribution in [2.45, 2.75) is 32.6 Å². The molecule has 0 aromatic heterocycles. The molecule has 0 rings (SSSR count). The Hall–Kier alpha value is -1.10. The van der Waals surface area contributed by atoms with Crippen molar-refractivity contribution < 1.29 is 19.1 Å². The summed E-state index contributed by atoms with van der Waals surface area (Å²) >= 11 is 0. The molecule has 0 fully saturated rings. The second kappa shape index (κ2) is 10.4. The summed E-state index contributed by atoms with van der Waals surface area (Å²) in [4.78, 5) is 21.7. The fourth-order valence-electron chi connectivity index (χ4n) is 1.20. The molecule has 0 spiro atoms. The minimum Gasteiger partial charge on any atom is -0.469 e. The van der Waals surface area contributed by atoms with E-state index in [1.807, 2.05) is 0 Å². The van der Waals surface area contributed by atoms with Gasteiger partial charge in [0.05, 0.1) is 20.3 Å². The molecule has 0 heterocycles. The second-order valence-electron chi connectivity index (χ2n) is 3.37. The lowest BCUT2D eigenvalue weighted by Gasteiger charge is -2.04. The van der Waals surface area contributed by atoms with E-state index in [2.05, 4.69) is 10.1 Å². The Bertz CT molecular complexity index is 206. The largest absolute Gasteiger partial charge is 0.469 e. The summed E-state index contributed by atoms with van der Waals surface area (Å²) in [5.41, 5.74) is 0. The molecular formula is C11H21NO4. The molecule has 0 aliphatic heterocycles. The molecule has 0 saturated heterocycles. The van der Waals surface area contributed by atoms with E-state index in [9.17, 15) is 9.59 Å². The van der Waals surface area contributed by atoms with Gasteiger partial charge in [-0.05, 0) is 26.3 Å². The number of methoxy groups -OCH3 is 1.